The van der Waals surface area contributed by atoms with Gasteiger partial charge in [0.1, 0.15) is 4.21 Å². The van der Waals surface area contributed by atoms with Crippen molar-refractivity contribution in [1.82, 2.24) is 9.84 Å². The molecule has 0 bridgehead atoms. The third-order valence-electron chi connectivity index (χ3n) is 2.89. The average molecular weight is 321 g/mol. The summed E-state index contributed by atoms with van der Waals surface area (Å²) in [7, 11) is -3.81. The van der Waals surface area contributed by atoms with Gasteiger partial charge in [0.25, 0.3) is 10.0 Å². The number of sulfonamides is 1. The van der Waals surface area contributed by atoms with Crippen LogP contribution in [-0.2, 0) is 10.0 Å². The molecule has 0 unspecified atom stereocenters. The SMILES string of the molecule is NNc1sc(S(=O)(=O)NN2CCCCC2)cc1[N+](=O)[O-]. The van der Waals surface area contributed by atoms with E-state index in [0.717, 1.165) is 36.7 Å². The Kier molecular flexibility index (Phi) is 4.55. The summed E-state index contributed by atoms with van der Waals surface area (Å²) in [4.78, 5) is 12.6. The maximum absolute atomic E-state index is 12.2. The van der Waals surface area contributed by atoms with Crippen molar-refractivity contribution in [2.75, 3.05) is 18.5 Å². The minimum atomic E-state index is -3.81. The molecule has 0 spiro atoms. The number of rotatable bonds is 5. The third-order valence-corrected chi connectivity index (χ3v) is 5.79. The Morgan fingerprint density at radius 2 is 2.00 bits per heavy atom. The van der Waals surface area contributed by atoms with Crippen LogP contribution in [0.3, 0.4) is 0 Å². The van der Waals surface area contributed by atoms with Crippen LogP contribution >= 0.6 is 11.3 Å². The lowest BCUT2D eigenvalue weighted by molar-refractivity contribution is -0.383. The summed E-state index contributed by atoms with van der Waals surface area (Å²) in [6, 6.07) is 1.01. The lowest BCUT2D eigenvalue weighted by Gasteiger charge is -2.26. The van der Waals surface area contributed by atoms with Crippen molar-refractivity contribution in [2.24, 2.45) is 5.84 Å². The molecule has 0 atom stereocenters. The zero-order valence-electron chi connectivity index (χ0n) is 10.5. The van der Waals surface area contributed by atoms with E-state index < -0.39 is 14.9 Å². The zero-order valence-corrected chi connectivity index (χ0v) is 12.2. The van der Waals surface area contributed by atoms with Gasteiger partial charge < -0.3 is 5.43 Å². The van der Waals surface area contributed by atoms with E-state index in [2.05, 4.69) is 10.3 Å². The molecule has 1 fully saturated rings. The molecule has 1 aliphatic rings. The first-order valence-corrected chi connectivity index (χ1v) is 8.26. The van der Waals surface area contributed by atoms with Crippen LogP contribution in [-0.4, -0.2) is 31.4 Å². The van der Waals surface area contributed by atoms with Crippen molar-refractivity contribution >= 4 is 32.0 Å². The first-order valence-electron chi connectivity index (χ1n) is 5.96. The summed E-state index contributed by atoms with van der Waals surface area (Å²) in [6.45, 7) is 1.27. The van der Waals surface area contributed by atoms with Crippen LogP contribution in [0.2, 0.25) is 0 Å². The van der Waals surface area contributed by atoms with Crippen molar-refractivity contribution in [3.63, 3.8) is 0 Å². The number of thiophene rings is 1. The monoisotopic (exact) mass is 321 g/mol. The zero-order chi connectivity index (χ0) is 14.8. The quantitative estimate of drug-likeness (QED) is 0.411. The number of nitrogens with zero attached hydrogens (tertiary/aromatic N) is 2. The number of nitro groups is 1. The summed E-state index contributed by atoms with van der Waals surface area (Å²) in [5, 5.41) is 12.4. The molecule has 0 aliphatic carbocycles. The van der Waals surface area contributed by atoms with E-state index in [4.69, 9.17) is 5.84 Å². The molecule has 4 N–H and O–H groups in total. The predicted molar refractivity (Wildman–Crippen MR) is 74.5 cm³/mol. The summed E-state index contributed by atoms with van der Waals surface area (Å²) in [6.07, 6.45) is 2.91. The second kappa shape index (κ2) is 6.01. The Hall–Kier alpha value is -1.27. The molecule has 9 nitrogen and oxygen atoms in total. The Labute approximate surface area is 119 Å². The summed E-state index contributed by atoms with van der Waals surface area (Å²) < 4.78 is 24.2. The van der Waals surface area contributed by atoms with Crippen LogP contribution < -0.4 is 16.1 Å². The number of hydrogen-bond acceptors (Lipinski definition) is 8. The Bertz CT molecular complexity index is 593. The smallest absolute Gasteiger partial charge is 0.306 e. The molecule has 2 heterocycles. The second-order valence-electron chi connectivity index (χ2n) is 4.32. The van der Waals surface area contributed by atoms with Crippen LogP contribution in [0.5, 0.6) is 0 Å². The molecule has 1 saturated heterocycles. The van der Waals surface area contributed by atoms with Gasteiger partial charge in [-0.25, -0.2) is 19.3 Å². The molecule has 1 aromatic heterocycles. The van der Waals surface area contributed by atoms with Crippen LogP contribution in [0.25, 0.3) is 0 Å². The topological polar surface area (TPSA) is 131 Å². The summed E-state index contributed by atoms with van der Waals surface area (Å²) >= 11 is 0.728. The molecule has 20 heavy (non-hydrogen) atoms. The van der Waals surface area contributed by atoms with Crippen molar-refractivity contribution in [3.05, 3.63) is 16.2 Å². The van der Waals surface area contributed by atoms with E-state index in [1.165, 1.54) is 0 Å². The number of anilines is 1. The second-order valence-corrected chi connectivity index (χ2v) is 7.26. The van der Waals surface area contributed by atoms with Crippen molar-refractivity contribution in [3.8, 4) is 0 Å². The van der Waals surface area contributed by atoms with E-state index in [1.807, 2.05) is 0 Å². The minimum absolute atomic E-state index is 0.00835. The molecule has 0 aromatic carbocycles. The number of piperidine rings is 1. The largest absolute Gasteiger partial charge is 0.310 e. The van der Waals surface area contributed by atoms with E-state index in [-0.39, 0.29) is 14.9 Å². The highest BCUT2D eigenvalue weighted by atomic mass is 32.2. The fourth-order valence-electron chi connectivity index (χ4n) is 1.93. The van der Waals surface area contributed by atoms with Gasteiger partial charge in [0.2, 0.25) is 0 Å². The maximum atomic E-state index is 12.2. The lowest BCUT2D eigenvalue weighted by atomic mass is 10.2. The average Bonchev–Trinajstić information content (AvgIpc) is 2.84. The van der Waals surface area contributed by atoms with Gasteiger partial charge in [-0.1, -0.05) is 17.8 Å². The number of hydrazine groups is 2. The molecular formula is C9H15N5O4S2. The Morgan fingerprint density at radius 1 is 1.35 bits per heavy atom. The van der Waals surface area contributed by atoms with Gasteiger partial charge in [-0.2, -0.15) is 0 Å². The molecule has 112 valence electrons. The van der Waals surface area contributed by atoms with Crippen molar-refractivity contribution < 1.29 is 13.3 Å². The molecule has 0 amide bonds. The molecule has 1 aromatic rings. The molecule has 0 saturated carbocycles. The van der Waals surface area contributed by atoms with Crippen LogP contribution in [0.1, 0.15) is 19.3 Å². The van der Waals surface area contributed by atoms with Gasteiger partial charge in [-0.05, 0) is 12.8 Å². The van der Waals surface area contributed by atoms with E-state index in [9.17, 15) is 18.5 Å². The van der Waals surface area contributed by atoms with E-state index in [1.54, 1.807) is 5.01 Å². The Morgan fingerprint density at radius 3 is 2.50 bits per heavy atom. The number of hydrogen-bond donors (Lipinski definition) is 3. The molecular weight excluding hydrogens is 306 g/mol. The first-order chi connectivity index (χ1) is 9.44. The molecule has 2 rings (SSSR count). The van der Waals surface area contributed by atoms with Crippen LogP contribution in [0.4, 0.5) is 10.7 Å². The van der Waals surface area contributed by atoms with Crippen LogP contribution in [0, 0.1) is 10.1 Å². The van der Waals surface area contributed by atoms with Crippen LogP contribution in [0.15, 0.2) is 10.3 Å². The molecule has 0 radical (unpaired) electrons. The summed E-state index contributed by atoms with van der Waals surface area (Å²) in [5.41, 5.74) is 1.79. The first kappa shape index (κ1) is 15.1. The number of nitrogens with two attached hydrogens (primary N) is 1. The van der Waals surface area contributed by atoms with Gasteiger partial charge in [-0.3, -0.25) is 10.1 Å². The van der Waals surface area contributed by atoms with Gasteiger partial charge in [0.15, 0.2) is 5.00 Å². The summed E-state index contributed by atoms with van der Waals surface area (Å²) in [5.74, 6) is 5.16. The highest BCUT2D eigenvalue weighted by Crippen LogP contribution is 2.36. The fraction of sp³-hybridized carbons (Fsp3) is 0.556. The standard InChI is InChI=1S/C9H15N5O4S2/c10-11-9-7(14(15)16)6-8(19-9)20(17,18)12-13-4-2-1-3-5-13/h6,11-12H,1-5,10H2. The molecule has 11 heteroatoms. The van der Waals surface area contributed by atoms with Gasteiger partial charge in [-0.15, -0.1) is 4.83 Å². The lowest BCUT2D eigenvalue weighted by Crippen LogP contribution is -2.44. The fourth-order valence-corrected chi connectivity index (χ4v) is 4.28. The van der Waals surface area contributed by atoms with Gasteiger partial charge in [0, 0.05) is 19.2 Å². The minimum Gasteiger partial charge on any atom is -0.310 e. The molecule has 1 aliphatic heterocycles. The van der Waals surface area contributed by atoms with E-state index >= 15 is 0 Å². The van der Waals surface area contributed by atoms with E-state index in [0.29, 0.717) is 13.1 Å². The number of nitrogen functional groups attached to an aromatic ring is 1. The number of nitrogens with one attached hydrogen (secondary N) is 2. The van der Waals surface area contributed by atoms with Crippen molar-refractivity contribution in [1.29, 1.82) is 0 Å². The van der Waals surface area contributed by atoms with Gasteiger partial charge >= 0.3 is 5.69 Å². The van der Waals surface area contributed by atoms with Crippen molar-refractivity contribution in [2.45, 2.75) is 23.5 Å². The normalized spacial score (nSPS) is 17.1. The third kappa shape index (κ3) is 3.24. The highest BCUT2D eigenvalue weighted by Gasteiger charge is 2.27. The Balaban J connectivity index is 2.22. The maximum Gasteiger partial charge on any atom is 0.306 e. The predicted octanol–water partition coefficient (Wildman–Crippen LogP) is 0.621. The van der Waals surface area contributed by atoms with Gasteiger partial charge in [0.05, 0.1) is 4.92 Å². The highest BCUT2D eigenvalue weighted by molar-refractivity contribution is 7.91.